The Morgan fingerprint density at radius 1 is 1.11 bits per heavy atom. The van der Waals surface area contributed by atoms with Gasteiger partial charge in [0.25, 0.3) is 0 Å². The molecule has 0 saturated heterocycles. The number of aromatic hydroxyl groups is 2. The summed E-state index contributed by atoms with van der Waals surface area (Å²) in [6.45, 7) is 7.75. The standard InChI is InChI=1S/C23H26O5/c1-15(2)11-18(24)12-16(3)9-10-28-19-13-20(25)22(21(26)14-19)23(27)17-7-5-4-6-8-17/h4-9,13-14,18,24-26H,1,10-12H2,2-3H3/t18-/m0/s1. The molecule has 28 heavy (non-hydrogen) atoms. The number of benzene rings is 2. The summed E-state index contributed by atoms with van der Waals surface area (Å²) in [5.74, 6) is -0.918. The van der Waals surface area contributed by atoms with E-state index in [9.17, 15) is 20.1 Å². The summed E-state index contributed by atoms with van der Waals surface area (Å²) >= 11 is 0. The molecule has 0 spiro atoms. The number of carbonyl (C=O) groups excluding carboxylic acids is 1. The number of ketones is 1. The van der Waals surface area contributed by atoms with Gasteiger partial charge in [0, 0.05) is 17.7 Å². The first kappa shape index (κ1) is 21.3. The molecule has 1 atom stereocenters. The van der Waals surface area contributed by atoms with Crippen LogP contribution < -0.4 is 4.74 Å². The van der Waals surface area contributed by atoms with Crippen LogP contribution in [0.2, 0.25) is 0 Å². The number of aliphatic hydroxyl groups is 1. The minimum atomic E-state index is -0.481. The van der Waals surface area contributed by atoms with Gasteiger partial charge in [-0.25, -0.2) is 0 Å². The Hall–Kier alpha value is -3.05. The Morgan fingerprint density at radius 3 is 2.29 bits per heavy atom. The summed E-state index contributed by atoms with van der Waals surface area (Å²) in [5, 5.41) is 30.3. The second-order valence-corrected chi connectivity index (χ2v) is 6.91. The van der Waals surface area contributed by atoms with Gasteiger partial charge < -0.3 is 20.1 Å². The van der Waals surface area contributed by atoms with Crippen molar-refractivity contribution < 1.29 is 24.9 Å². The summed E-state index contributed by atoms with van der Waals surface area (Å²) in [7, 11) is 0. The molecule has 0 amide bonds. The molecule has 0 fully saturated rings. The van der Waals surface area contributed by atoms with Crippen LogP contribution in [0, 0.1) is 0 Å². The number of carbonyl (C=O) groups is 1. The fraction of sp³-hybridized carbons (Fsp3) is 0.261. The third kappa shape index (κ3) is 5.99. The first-order valence-corrected chi connectivity index (χ1v) is 9.04. The number of phenols is 2. The molecule has 0 bridgehead atoms. The summed E-state index contributed by atoms with van der Waals surface area (Å²) in [6.07, 6.45) is 2.39. The fourth-order valence-corrected chi connectivity index (χ4v) is 2.85. The van der Waals surface area contributed by atoms with Gasteiger partial charge >= 0.3 is 0 Å². The molecule has 0 radical (unpaired) electrons. The van der Waals surface area contributed by atoms with Crippen LogP contribution in [0.15, 0.2) is 66.3 Å². The molecular weight excluding hydrogens is 356 g/mol. The molecule has 2 rings (SSSR count). The maximum Gasteiger partial charge on any atom is 0.200 e. The van der Waals surface area contributed by atoms with E-state index in [4.69, 9.17) is 4.74 Å². The Morgan fingerprint density at radius 2 is 1.71 bits per heavy atom. The number of rotatable bonds is 9. The van der Waals surface area contributed by atoms with Crippen LogP contribution in [0.5, 0.6) is 17.2 Å². The van der Waals surface area contributed by atoms with Crippen molar-refractivity contribution in [2.75, 3.05) is 6.61 Å². The summed E-state index contributed by atoms with van der Waals surface area (Å²) in [4.78, 5) is 12.5. The van der Waals surface area contributed by atoms with E-state index in [1.165, 1.54) is 12.1 Å². The molecule has 2 aromatic carbocycles. The molecule has 0 unspecified atom stereocenters. The maximum absolute atomic E-state index is 12.5. The van der Waals surface area contributed by atoms with Crippen LogP contribution in [0.3, 0.4) is 0 Å². The van der Waals surface area contributed by atoms with Crippen molar-refractivity contribution in [3.63, 3.8) is 0 Å². The van der Waals surface area contributed by atoms with E-state index in [0.29, 0.717) is 18.4 Å². The van der Waals surface area contributed by atoms with Gasteiger partial charge in [0.15, 0.2) is 0 Å². The fourth-order valence-electron chi connectivity index (χ4n) is 2.85. The summed E-state index contributed by atoms with van der Waals surface area (Å²) < 4.78 is 5.53. The van der Waals surface area contributed by atoms with Crippen LogP contribution in [0.4, 0.5) is 0 Å². The lowest BCUT2D eigenvalue weighted by molar-refractivity contribution is 0.103. The first-order valence-electron chi connectivity index (χ1n) is 9.04. The average Bonchev–Trinajstić information content (AvgIpc) is 2.61. The third-order valence-corrected chi connectivity index (χ3v) is 4.16. The molecule has 3 N–H and O–H groups in total. The molecule has 148 valence electrons. The molecule has 0 aliphatic carbocycles. The first-order chi connectivity index (χ1) is 13.3. The number of phenolic OH excluding ortho intramolecular Hbond substituents is 2. The minimum absolute atomic E-state index is 0.159. The maximum atomic E-state index is 12.5. The van der Waals surface area contributed by atoms with Gasteiger partial charge in [-0.2, -0.15) is 0 Å². The molecule has 5 heteroatoms. The normalized spacial score (nSPS) is 12.5. The topological polar surface area (TPSA) is 87.0 Å². The third-order valence-electron chi connectivity index (χ3n) is 4.16. The monoisotopic (exact) mass is 382 g/mol. The quantitative estimate of drug-likeness (QED) is 0.443. The van der Waals surface area contributed by atoms with Crippen LogP contribution in [0.1, 0.15) is 42.6 Å². The van der Waals surface area contributed by atoms with E-state index in [0.717, 1.165) is 11.1 Å². The molecular formula is C23H26O5. The molecule has 0 aromatic heterocycles. The highest BCUT2D eigenvalue weighted by Gasteiger charge is 2.19. The van der Waals surface area contributed by atoms with E-state index in [-0.39, 0.29) is 29.4 Å². The van der Waals surface area contributed by atoms with Crippen molar-refractivity contribution in [1.82, 2.24) is 0 Å². The molecule has 0 heterocycles. The van der Waals surface area contributed by atoms with E-state index >= 15 is 0 Å². The van der Waals surface area contributed by atoms with Crippen LogP contribution in [0.25, 0.3) is 0 Å². The van der Waals surface area contributed by atoms with Gasteiger partial charge in [0.1, 0.15) is 29.4 Å². The smallest absolute Gasteiger partial charge is 0.200 e. The van der Waals surface area contributed by atoms with E-state index < -0.39 is 11.9 Å². The zero-order valence-electron chi connectivity index (χ0n) is 16.2. The van der Waals surface area contributed by atoms with Crippen molar-refractivity contribution in [3.8, 4) is 17.2 Å². The highest BCUT2D eigenvalue weighted by atomic mass is 16.5. The molecule has 0 saturated carbocycles. The molecule has 5 nitrogen and oxygen atoms in total. The molecule has 2 aromatic rings. The Labute approximate surface area is 165 Å². The van der Waals surface area contributed by atoms with E-state index in [1.807, 2.05) is 19.9 Å². The molecule has 0 aliphatic rings. The second-order valence-electron chi connectivity index (χ2n) is 6.91. The van der Waals surface area contributed by atoms with Gasteiger partial charge in [0.05, 0.1) is 6.10 Å². The average molecular weight is 382 g/mol. The van der Waals surface area contributed by atoms with Crippen molar-refractivity contribution in [2.45, 2.75) is 32.8 Å². The Kier molecular flexibility index (Phi) is 7.41. The minimum Gasteiger partial charge on any atom is -0.507 e. The van der Waals surface area contributed by atoms with Crippen LogP contribution >= 0.6 is 0 Å². The lowest BCUT2D eigenvalue weighted by Crippen LogP contribution is -2.07. The second kappa shape index (κ2) is 9.76. The van der Waals surface area contributed by atoms with Crippen molar-refractivity contribution in [3.05, 3.63) is 77.4 Å². The number of aliphatic hydroxyl groups excluding tert-OH is 1. The van der Waals surface area contributed by atoms with Crippen molar-refractivity contribution in [1.29, 1.82) is 0 Å². The van der Waals surface area contributed by atoms with Gasteiger partial charge in [-0.05, 0) is 32.8 Å². The number of hydrogen-bond acceptors (Lipinski definition) is 5. The van der Waals surface area contributed by atoms with E-state index in [2.05, 4.69) is 6.58 Å². The zero-order chi connectivity index (χ0) is 20.7. The van der Waals surface area contributed by atoms with Crippen LogP contribution in [-0.4, -0.2) is 33.8 Å². The van der Waals surface area contributed by atoms with Crippen LogP contribution in [-0.2, 0) is 0 Å². The summed E-state index contributed by atoms with van der Waals surface area (Å²) in [5.41, 5.74) is 2.09. The summed E-state index contributed by atoms with van der Waals surface area (Å²) in [6, 6.07) is 11.0. The lowest BCUT2D eigenvalue weighted by Gasteiger charge is -2.12. The van der Waals surface area contributed by atoms with Crippen molar-refractivity contribution >= 4 is 5.78 Å². The zero-order valence-corrected chi connectivity index (χ0v) is 16.2. The SMILES string of the molecule is C=C(C)C[C@H](O)CC(C)=CCOc1cc(O)c(C(=O)c2ccccc2)c(O)c1. The Balaban J connectivity index is 2.03. The highest BCUT2D eigenvalue weighted by Crippen LogP contribution is 2.34. The number of ether oxygens (including phenoxy) is 1. The van der Waals surface area contributed by atoms with Gasteiger partial charge in [-0.15, -0.1) is 6.58 Å². The lowest BCUT2D eigenvalue weighted by atomic mass is 10.0. The highest BCUT2D eigenvalue weighted by molar-refractivity contribution is 6.12. The molecule has 0 aliphatic heterocycles. The van der Waals surface area contributed by atoms with Crippen molar-refractivity contribution in [2.24, 2.45) is 0 Å². The van der Waals surface area contributed by atoms with Gasteiger partial charge in [0.2, 0.25) is 5.78 Å². The van der Waals surface area contributed by atoms with Gasteiger partial charge in [-0.3, -0.25) is 4.79 Å². The largest absolute Gasteiger partial charge is 0.507 e. The van der Waals surface area contributed by atoms with Gasteiger partial charge in [-0.1, -0.05) is 41.5 Å². The Bertz CT molecular complexity index is 845. The van der Waals surface area contributed by atoms with E-state index in [1.54, 1.807) is 30.3 Å². The number of hydrogen-bond donors (Lipinski definition) is 3. The predicted molar refractivity (Wildman–Crippen MR) is 109 cm³/mol. The predicted octanol–water partition coefficient (Wildman–Crippen LogP) is 4.37.